The van der Waals surface area contributed by atoms with Crippen LogP contribution in [-0.2, 0) is 0 Å². The van der Waals surface area contributed by atoms with Gasteiger partial charge in [0.25, 0.3) is 0 Å². The summed E-state index contributed by atoms with van der Waals surface area (Å²) in [5.74, 6) is 0. The maximum atomic E-state index is 5.67. The summed E-state index contributed by atoms with van der Waals surface area (Å²) in [5, 5.41) is 3.35. The van der Waals surface area contributed by atoms with Crippen LogP contribution in [0.25, 0.3) is 0 Å². The van der Waals surface area contributed by atoms with Crippen molar-refractivity contribution in [2.45, 2.75) is 58.3 Å². The lowest BCUT2D eigenvalue weighted by Gasteiger charge is -2.06. The van der Waals surface area contributed by atoms with Crippen molar-refractivity contribution in [2.24, 2.45) is 0 Å². The fourth-order valence-electron chi connectivity index (χ4n) is 2.05. The van der Waals surface area contributed by atoms with Crippen molar-refractivity contribution in [1.82, 2.24) is 4.98 Å². The Morgan fingerprint density at radius 2 is 1.67 bits per heavy atom. The van der Waals surface area contributed by atoms with Gasteiger partial charge < -0.3 is 11.1 Å². The van der Waals surface area contributed by atoms with Crippen LogP contribution in [0, 0.1) is 0 Å². The molecule has 18 heavy (non-hydrogen) atoms. The van der Waals surface area contributed by atoms with Crippen LogP contribution in [0.2, 0.25) is 0 Å². The van der Waals surface area contributed by atoms with Gasteiger partial charge in [-0.3, -0.25) is 4.98 Å². The molecule has 3 heteroatoms. The number of pyridine rings is 1. The maximum absolute atomic E-state index is 5.67. The number of nitrogen functional groups attached to an aromatic ring is 1. The minimum Gasteiger partial charge on any atom is -0.397 e. The molecule has 0 radical (unpaired) electrons. The Labute approximate surface area is 111 Å². The standard InChI is InChI=1S/C15H27N3/c1-2-3-4-5-6-7-8-9-10-18-15-11-14(16)12-17-13-15/h11-13,18H,2-10,16H2,1H3. The third kappa shape index (κ3) is 7.15. The molecule has 1 rings (SSSR count). The molecule has 0 bridgehead atoms. The van der Waals surface area contributed by atoms with Crippen molar-refractivity contribution < 1.29 is 0 Å². The SMILES string of the molecule is CCCCCCCCCCNc1cncc(N)c1. The lowest BCUT2D eigenvalue weighted by Crippen LogP contribution is -2.02. The summed E-state index contributed by atoms with van der Waals surface area (Å²) in [7, 11) is 0. The van der Waals surface area contributed by atoms with E-state index in [4.69, 9.17) is 5.73 Å². The molecule has 3 nitrogen and oxygen atoms in total. The van der Waals surface area contributed by atoms with E-state index in [2.05, 4.69) is 17.2 Å². The maximum Gasteiger partial charge on any atom is 0.0547 e. The van der Waals surface area contributed by atoms with Gasteiger partial charge in [0, 0.05) is 12.7 Å². The largest absolute Gasteiger partial charge is 0.397 e. The summed E-state index contributed by atoms with van der Waals surface area (Å²) in [6, 6.07) is 1.93. The average Bonchev–Trinajstić information content (AvgIpc) is 2.37. The first kappa shape index (κ1) is 14.8. The molecule has 102 valence electrons. The minimum absolute atomic E-state index is 0.718. The Balaban J connectivity index is 1.92. The van der Waals surface area contributed by atoms with Gasteiger partial charge in [-0.25, -0.2) is 0 Å². The predicted molar refractivity (Wildman–Crippen MR) is 79.7 cm³/mol. The van der Waals surface area contributed by atoms with E-state index in [1.807, 2.05) is 12.3 Å². The van der Waals surface area contributed by atoms with Crippen LogP contribution in [0.3, 0.4) is 0 Å². The summed E-state index contributed by atoms with van der Waals surface area (Å²) in [5.41, 5.74) is 7.41. The normalized spacial score (nSPS) is 10.5. The summed E-state index contributed by atoms with van der Waals surface area (Å²) in [4.78, 5) is 4.05. The zero-order valence-corrected chi connectivity index (χ0v) is 11.6. The van der Waals surface area contributed by atoms with E-state index >= 15 is 0 Å². The molecule has 1 aromatic rings. The molecule has 0 fully saturated rings. The molecule has 0 amide bonds. The second-order valence-electron chi connectivity index (χ2n) is 4.91. The van der Waals surface area contributed by atoms with Gasteiger partial charge in [-0.2, -0.15) is 0 Å². The van der Waals surface area contributed by atoms with E-state index in [1.165, 1.54) is 51.4 Å². The van der Waals surface area contributed by atoms with Gasteiger partial charge in [-0.1, -0.05) is 51.9 Å². The molecule has 0 saturated carbocycles. The van der Waals surface area contributed by atoms with Gasteiger partial charge in [-0.15, -0.1) is 0 Å². The van der Waals surface area contributed by atoms with Gasteiger partial charge in [-0.05, 0) is 12.5 Å². The highest BCUT2D eigenvalue weighted by Crippen LogP contribution is 2.11. The molecule has 0 aliphatic carbocycles. The smallest absolute Gasteiger partial charge is 0.0547 e. The summed E-state index contributed by atoms with van der Waals surface area (Å²) in [6.07, 6.45) is 14.3. The first-order chi connectivity index (χ1) is 8.83. The number of rotatable bonds is 10. The topological polar surface area (TPSA) is 50.9 Å². The Morgan fingerprint density at radius 1 is 1.00 bits per heavy atom. The van der Waals surface area contributed by atoms with Gasteiger partial charge in [0.05, 0.1) is 17.6 Å². The first-order valence-corrected chi connectivity index (χ1v) is 7.27. The number of hydrogen-bond donors (Lipinski definition) is 2. The number of nitrogens with two attached hydrogens (primary N) is 1. The Hall–Kier alpha value is -1.25. The summed E-state index contributed by atoms with van der Waals surface area (Å²) >= 11 is 0. The zero-order chi connectivity index (χ0) is 13.1. The quantitative estimate of drug-likeness (QED) is 0.610. The van der Waals surface area contributed by atoms with E-state index in [9.17, 15) is 0 Å². The molecule has 0 atom stereocenters. The summed E-state index contributed by atoms with van der Waals surface area (Å²) in [6.45, 7) is 3.27. The molecule has 0 spiro atoms. The third-order valence-electron chi connectivity index (χ3n) is 3.12. The van der Waals surface area contributed by atoms with Gasteiger partial charge in [0.1, 0.15) is 0 Å². The van der Waals surface area contributed by atoms with Crippen LogP contribution in [0.15, 0.2) is 18.5 Å². The highest BCUT2D eigenvalue weighted by Gasteiger charge is 1.94. The molecule has 1 aromatic heterocycles. The van der Waals surface area contributed by atoms with E-state index in [1.54, 1.807) is 6.20 Å². The molecule has 0 aromatic carbocycles. The van der Waals surface area contributed by atoms with Crippen molar-refractivity contribution in [1.29, 1.82) is 0 Å². The highest BCUT2D eigenvalue weighted by atomic mass is 14.9. The van der Waals surface area contributed by atoms with E-state index in [0.717, 1.165) is 17.9 Å². The average molecular weight is 249 g/mol. The Morgan fingerprint density at radius 3 is 2.33 bits per heavy atom. The molecule has 3 N–H and O–H groups in total. The highest BCUT2D eigenvalue weighted by molar-refractivity contribution is 5.51. The molecule has 0 aliphatic rings. The lowest BCUT2D eigenvalue weighted by atomic mass is 10.1. The number of nitrogens with one attached hydrogen (secondary N) is 1. The first-order valence-electron chi connectivity index (χ1n) is 7.27. The second-order valence-corrected chi connectivity index (χ2v) is 4.91. The van der Waals surface area contributed by atoms with Crippen LogP contribution < -0.4 is 11.1 Å². The van der Waals surface area contributed by atoms with Crippen LogP contribution in [0.5, 0.6) is 0 Å². The number of hydrogen-bond acceptors (Lipinski definition) is 3. The molecular weight excluding hydrogens is 222 g/mol. The van der Waals surface area contributed by atoms with E-state index < -0.39 is 0 Å². The van der Waals surface area contributed by atoms with Crippen LogP contribution >= 0.6 is 0 Å². The molecular formula is C15H27N3. The predicted octanol–water partition coefficient (Wildman–Crippen LogP) is 4.22. The monoisotopic (exact) mass is 249 g/mol. The number of anilines is 2. The Kier molecular flexibility index (Phi) is 8.02. The van der Waals surface area contributed by atoms with Gasteiger partial charge >= 0.3 is 0 Å². The molecule has 0 saturated heterocycles. The molecule has 0 unspecified atom stereocenters. The Bertz CT molecular complexity index is 312. The lowest BCUT2D eigenvalue weighted by molar-refractivity contribution is 0.581. The number of aromatic nitrogens is 1. The fraction of sp³-hybridized carbons (Fsp3) is 0.667. The van der Waals surface area contributed by atoms with Crippen molar-refractivity contribution in [3.63, 3.8) is 0 Å². The van der Waals surface area contributed by atoms with Crippen molar-refractivity contribution in [3.8, 4) is 0 Å². The summed E-state index contributed by atoms with van der Waals surface area (Å²) < 4.78 is 0. The van der Waals surface area contributed by atoms with Gasteiger partial charge in [0.2, 0.25) is 0 Å². The van der Waals surface area contributed by atoms with Crippen molar-refractivity contribution >= 4 is 11.4 Å². The second kappa shape index (κ2) is 9.75. The van der Waals surface area contributed by atoms with E-state index in [-0.39, 0.29) is 0 Å². The third-order valence-corrected chi connectivity index (χ3v) is 3.12. The molecule has 0 aliphatic heterocycles. The van der Waals surface area contributed by atoms with Crippen LogP contribution in [-0.4, -0.2) is 11.5 Å². The number of unbranched alkanes of at least 4 members (excludes halogenated alkanes) is 7. The van der Waals surface area contributed by atoms with Crippen molar-refractivity contribution in [3.05, 3.63) is 18.5 Å². The zero-order valence-electron chi connectivity index (χ0n) is 11.6. The van der Waals surface area contributed by atoms with E-state index in [0.29, 0.717) is 0 Å². The van der Waals surface area contributed by atoms with Gasteiger partial charge in [0.15, 0.2) is 0 Å². The van der Waals surface area contributed by atoms with Crippen LogP contribution in [0.1, 0.15) is 58.3 Å². The minimum atomic E-state index is 0.718. The van der Waals surface area contributed by atoms with Crippen LogP contribution in [0.4, 0.5) is 11.4 Å². The number of nitrogens with zero attached hydrogens (tertiary/aromatic N) is 1. The fourth-order valence-corrected chi connectivity index (χ4v) is 2.05. The van der Waals surface area contributed by atoms with Crippen molar-refractivity contribution in [2.75, 3.05) is 17.6 Å². The molecule has 1 heterocycles.